The zero-order valence-electron chi connectivity index (χ0n) is 17.0. The van der Waals surface area contributed by atoms with E-state index in [0.29, 0.717) is 49.9 Å². The van der Waals surface area contributed by atoms with Crippen molar-refractivity contribution in [2.75, 3.05) is 26.2 Å². The summed E-state index contributed by atoms with van der Waals surface area (Å²) in [4.78, 5) is 18.7. The summed E-state index contributed by atoms with van der Waals surface area (Å²) in [6.45, 7) is 6.67. The highest BCUT2D eigenvalue weighted by Gasteiger charge is 2.32. The van der Waals surface area contributed by atoms with Crippen LogP contribution >= 0.6 is 0 Å². The van der Waals surface area contributed by atoms with Crippen molar-refractivity contribution in [2.45, 2.75) is 57.8 Å². The van der Waals surface area contributed by atoms with E-state index in [1.54, 1.807) is 18.7 Å². The van der Waals surface area contributed by atoms with Gasteiger partial charge in [-0.1, -0.05) is 17.2 Å². The van der Waals surface area contributed by atoms with Gasteiger partial charge in [-0.3, -0.25) is 4.79 Å². The molecule has 0 aliphatic carbocycles. The Balaban J connectivity index is 1.58. The van der Waals surface area contributed by atoms with Crippen LogP contribution in [0.5, 0.6) is 0 Å². The summed E-state index contributed by atoms with van der Waals surface area (Å²) < 4.78 is 37.6. The predicted molar refractivity (Wildman–Crippen MR) is 103 cm³/mol. The maximum Gasteiger partial charge on any atom is 0.248 e. The maximum atomic E-state index is 13.0. The summed E-state index contributed by atoms with van der Waals surface area (Å²) in [5, 5.41) is 7.63. The Bertz CT molecular complexity index is 932. The predicted octanol–water partition coefficient (Wildman–Crippen LogP) is 1.48. The monoisotopic (exact) mass is 425 g/mol. The molecule has 0 bridgehead atoms. The van der Waals surface area contributed by atoms with Gasteiger partial charge in [-0.2, -0.15) is 9.29 Å². The molecule has 10 nitrogen and oxygen atoms in total. The van der Waals surface area contributed by atoms with Crippen molar-refractivity contribution in [3.8, 4) is 0 Å². The number of sulfonamides is 1. The lowest BCUT2D eigenvalue weighted by Crippen LogP contribution is -2.37. The summed E-state index contributed by atoms with van der Waals surface area (Å²) in [5.41, 5.74) is 0.349. The molecule has 0 unspecified atom stereocenters. The highest BCUT2D eigenvalue weighted by Crippen LogP contribution is 2.24. The molecule has 1 fully saturated rings. The minimum absolute atomic E-state index is 0.0446. The minimum atomic E-state index is -3.70. The summed E-state index contributed by atoms with van der Waals surface area (Å²) in [7, 11) is -3.70. The Morgan fingerprint density at radius 1 is 1.07 bits per heavy atom. The van der Waals surface area contributed by atoms with Crippen LogP contribution in [0.25, 0.3) is 0 Å². The third-order valence-electron chi connectivity index (χ3n) is 4.91. The van der Waals surface area contributed by atoms with Crippen LogP contribution in [-0.2, 0) is 27.7 Å². The van der Waals surface area contributed by atoms with E-state index >= 15 is 0 Å². The van der Waals surface area contributed by atoms with Crippen molar-refractivity contribution in [2.24, 2.45) is 0 Å². The van der Waals surface area contributed by atoms with Crippen molar-refractivity contribution in [3.63, 3.8) is 0 Å². The van der Waals surface area contributed by atoms with Gasteiger partial charge in [-0.15, -0.1) is 0 Å². The van der Waals surface area contributed by atoms with Gasteiger partial charge in [-0.25, -0.2) is 8.42 Å². The molecule has 0 spiro atoms. The summed E-state index contributed by atoms with van der Waals surface area (Å²) in [6.07, 6.45) is 2.88. The van der Waals surface area contributed by atoms with Crippen LogP contribution in [-0.4, -0.2) is 65.0 Å². The van der Waals surface area contributed by atoms with Gasteiger partial charge in [0.1, 0.15) is 10.6 Å². The van der Waals surface area contributed by atoms with Crippen molar-refractivity contribution in [3.05, 3.63) is 23.2 Å². The second kappa shape index (κ2) is 9.04. The van der Waals surface area contributed by atoms with E-state index in [-0.39, 0.29) is 29.5 Å². The van der Waals surface area contributed by atoms with Gasteiger partial charge in [0.25, 0.3) is 0 Å². The Hall–Kier alpha value is -2.27. The van der Waals surface area contributed by atoms with Crippen LogP contribution < -0.4 is 0 Å². The van der Waals surface area contributed by atoms with E-state index in [4.69, 9.17) is 9.05 Å². The zero-order chi connectivity index (χ0) is 21.0. The van der Waals surface area contributed by atoms with Gasteiger partial charge in [0.2, 0.25) is 21.8 Å². The lowest BCUT2D eigenvalue weighted by Gasteiger charge is -2.21. The van der Waals surface area contributed by atoms with Gasteiger partial charge >= 0.3 is 0 Å². The SMILES string of the molecule is CCCc1noc(CCC(=O)N2CCCN(S(=O)(=O)c3c(C)noc3C)CC2)n1. The molecule has 1 saturated heterocycles. The molecule has 1 aliphatic rings. The summed E-state index contributed by atoms with van der Waals surface area (Å²) in [5.74, 6) is 1.35. The third-order valence-corrected chi connectivity index (χ3v) is 7.05. The fourth-order valence-electron chi connectivity index (χ4n) is 3.44. The smallest absolute Gasteiger partial charge is 0.248 e. The van der Waals surface area contributed by atoms with Gasteiger partial charge < -0.3 is 13.9 Å². The zero-order valence-corrected chi connectivity index (χ0v) is 17.9. The first-order chi connectivity index (χ1) is 13.8. The molecular weight excluding hydrogens is 398 g/mol. The molecule has 2 aromatic rings. The summed E-state index contributed by atoms with van der Waals surface area (Å²) >= 11 is 0. The molecule has 0 radical (unpaired) electrons. The van der Waals surface area contributed by atoms with E-state index in [9.17, 15) is 13.2 Å². The molecular formula is C18H27N5O5S. The van der Waals surface area contributed by atoms with Crippen LogP contribution in [0.2, 0.25) is 0 Å². The van der Waals surface area contributed by atoms with E-state index in [0.717, 1.165) is 12.8 Å². The molecule has 160 valence electrons. The van der Waals surface area contributed by atoms with Crippen molar-refractivity contribution in [1.29, 1.82) is 0 Å². The van der Waals surface area contributed by atoms with Crippen molar-refractivity contribution >= 4 is 15.9 Å². The molecule has 0 saturated carbocycles. The minimum Gasteiger partial charge on any atom is -0.360 e. The van der Waals surface area contributed by atoms with E-state index in [1.165, 1.54) is 4.31 Å². The fourth-order valence-corrected chi connectivity index (χ4v) is 5.21. The molecule has 3 rings (SSSR count). The lowest BCUT2D eigenvalue weighted by atomic mass is 10.2. The van der Waals surface area contributed by atoms with Crippen LogP contribution in [0.1, 0.15) is 49.4 Å². The molecule has 0 aromatic carbocycles. The first kappa shape index (κ1) is 21.4. The molecule has 0 atom stereocenters. The highest BCUT2D eigenvalue weighted by atomic mass is 32.2. The van der Waals surface area contributed by atoms with Crippen LogP contribution in [0.4, 0.5) is 0 Å². The second-order valence-corrected chi connectivity index (χ2v) is 9.02. The normalized spacial score (nSPS) is 16.2. The number of nitrogens with zero attached hydrogens (tertiary/aromatic N) is 5. The number of rotatable bonds is 7. The van der Waals surface area contributed by atoms with Gasteiger partial charge in [0.15, 0.2) is 11.6 Å². The Morgan fingerprint density at radius 3 is 2.55 bits per heavy atom. The Kier molecular flexibility index (Phi) is 6.68. The molecule has 0 N–H and O–H groups in total. The number of hydrogen-bond donors (Lipinski definition) is 0. The molecule has 1 aliphatic heterocycles. The first-order valence-corrected chi connectivity index (χ1v) is 11.3. The standard InChI is InChI=1S/C18H27N5O5S/c1-4-6-15-19-16(28-21-15)7-8-17(24)22-9-5-10-23(12-11-22)29(25,26)18-13(2)20-27-14(18)3/h4-12H2,1-3H3. The number of aryl methyl sites for hydroxylation is 4. The quantitative estimate of drug-likeness (QED) is 0.654. The van der Waals surface area contributed by atoms with E-state index < -0.39 is 10.0 Å². The van der Waals surface area contributed by atoms with Gasteiger partial charge in [0, 0.05) is 45.4 Å². The number of carbonyl (C=O) groups is 1. The number of aromatic nitrogens is 3. The lowest BCUT2D eigenvalue weighted by molar-refractivity contribution is -0.131. The average Bonchev–Trinajstić information content (AvgIpc) is 3.16. The largest absolute Gasteiger partial charge is 0.360 e. The van der Waals surface area contributed by atoms with Crippen LogP contribution in [0, 0.1) is 13.8 Å². The molecule has 2 aromatic heterocycles. The van der Waals surface area contributed by atoms with Crippen molar-refractivity contribution < 1.29 is 22.3 Å². The topological polar surface area (TPSA) is 123 Å². The first-order valence-electron chi connectivity index (χ1n) is 9.85. The Labute approximate surface area is 170 Å². The van der Waals surface area contributed by atoms with Crippen LogP contribution in [0.3, 0.4) is 0 Å². The number of amides is 1. The number of hydrogen-bond acceptors (Lipinski definition) is 8. The third kappa shape index (κ3) is 4.84. The maximum absolute atomic E-state index is 13.0. The van der Waals surface area contributed by atoms with Crippen molar-refractivity contribution in [1.82, 2.24) is 24.5 Å². The molecule has 29 heavy (non-hydrogen) atoms. The van der Waals surface area contributed by atoms with Crippen LogP contribution in [0.15, 0.2) is 13.9 Å². The van der Waals surface area contributed by atoms with Gasteiger partial charge in [0.05, 0.1) is 0 Å². The number of carbonyl (C=O) groups excluding carboxylic acids is 1. The summed E-state index contributed by atoms with van der Waals surface area (Å²) in [6, 6.07) is 0. The second-order valence-electron chi connectivity index (χ2n) is 7.15. The van der Waals surface area contributed by atoms with Gasteiger partial charge in [-0.05, 0) is 26.7 Å². The van der Waals surface area contributed by atoms with E-state index in [2.05, 4.69) is 15.3 Å². The fraction of sp³-hybridized carbons (Fsp3) is 0.667. The van der Waals surface area contributed by atoms with E-state index in [1.807, 2.05) is 6.92 Å². The molecule has 3 heterocycles. The Morgan fingerprint density at radius 2 is 1.86 bits per heavy atom. The molecule has 11 heteroatoms. The highest BCUT2D eigenvalue weighted by molar-refractivity contribution is 7.89. The molecule has 1 amide bonds. The average molecular weight is 426 g/mol.